The molecule has 1 fully saturated rings. The molecule has 0 aliphatic carbocycles. The second-order valence-corrected chi connectivity index (χ2v) is 5.78. The molecule has 0 radical (unpaired) electrons. The Morgan fingerprint density at radius 3 is 2.56 bits per heavy atom. The quantitative estimate of drug-likeness (QED) is 0.912. The minimum Gasteiger partial charge on any atom is -0.317 e. The molecule has 18 heavy (non-hydrogen) atoms. The summed E-state index contributed by atoms with van der Waals surface area (Å²) in [6, 6.07) is 7.40. The summed E-state index contributed by atoms with van der Waals surface area (Å²) in [5.74, 6) is 0. The van der Waals surface area contributed by atoms with E-state index in [0.717, 1.165) is 12.6 Å². The van der Waals surface area contributed by atoms with Crippen LogP contribution in [-0.4, -0.2) is 31.1 Å². The highest BCUT2D eigenvalue weighted by molar-refractivity contribution is 9.10. The van der Waals surface area contributed by atoms with E-state index in [1.54, 1.807) is 0 Å². The zero-order valence-electron chi connectivity index (χ0n) is 11.1. The van der Waals surface area contributed by atoms with E-state index in [1.807, 2.05) is 0 Å². The van der Waals surface area contributed by atoms with E-state index in [2.05, 4.69) is 58.3 Å². The number of aryl methyl sites for hydroxylation is 1. The van der Waals surface area contributed by atoms with Gasteiger partial charge in [0.05, 0.1) is 0 Å². The third-order valence-electron chi connectivity index (χ3n) is 3.64. The summed E-state index contributed by atoms with van der Waals surface area (Å²) in [5, 5.41) is 3.37. The highest BCUT2D eigenvalue weighted by atomic mass is 79.9. The van der Waals surface area contributed by atoms with Gasteiger partial charge in [0.2, 0.25) is 0 Å². The Morgan fingerprint density at radius 2 is 2.00 bits per heavy atom. The summed E-state index contributed by atoms with van der Waals surface area (Å²) in [6.07, 6.45) is 2.53. The van der Waals surface area contributed by atoms with Crippen molar-refractivity contribution < 1.29 is 0 Å². The third-order valence-corrected chi connectivity index (χ3v) is 4.49. The van der Waals surface area contributed by atoms with Crippen molar-refractivity contribution in [3.63, 3.8) is 0 Å². The largest absolute Gasteiger partial charge is 0.317 e. The maximum Gasteiger partial charge on any atom is 0.0234 e. The van der Waals surface area contributed by atoms with E-state index >= 15 is 0 Å². The molecule has 1 heterocycles. The van der Waals surface area contributed by atoms with Crippen molar-refractivity contribution >= 4 is 28.3 Å². The average Bonchev–Trinajstić information content (AvgIpc) is 2.35. The highest BCUT2D eigenvalue weighted by Gasteiger charge is 2.17. The van der Waals surface area contributed by atoms with Crippen molar-refractivity contribution in [3.8, 4) is 0 Å². The molecule has 2 nitrogen and oxygen atoms in total. The van der Waals surface area contributed by atoms with Crippen molar-refractivity contribution in [2.24, 2.45) is 0 Å². The van der Waals surface area contributed by atoms with Gasteiger partial charge in [0, 0.05) is 17.1 Å². The Hall–Kier alpha value is -0.0900. The van der Waals surface area contributed by atoms with Gasteiger partial charge < -0.3 is 5.32 Å². The van der Waals surface area contributed by atoms with Gasteiger partial charge in [-0.1, -0.05) is 28.1 Å². The summed E-state index contributed by atoms with van der Waals surface area (Å²) >= 11 is 3.60. The molecule has 0 unspecified atom stereocenters. The van der Waals surface area contributed by atoms with Crippen molar-refractivity contribution in [2.45, 2.75) is 32.4 Å². The molecular formula is C14H22BrClN2. The first-order valence-corrected chi connectivity index (χ1v) is 7.13. The standard InChI is InChI=1S/C14H21BrN2.ClH/c1-11-3-4-12(9-14(11)15)10-17-7-5-13(16-2)6-8-17;/h3-4,9,13,16H,5-8,10H2,1-2H3;1H. The Morgan fingerprint density at radius 1 is 1.33 bits per heavy atom. The van der Waals surface area contributed by atoms with Crippen LogP contribution >= 0.6 is 28.3 Å². The van der Waals surface area contributed by atoms with Crippen molar-refractivity contribution in [1.29, 1.82) is 0 Å². The van der Waals surface area contributed by atoms with Crippen LogP contribution in [0.3, 0.4) is 0 Å². The fourth-order valence-electron chi connectivity index (χ4n) is 2.37. The summed E-state index contributed by atoms with van der Waals surface area (Å²) < 4.78 is 1.22. The van der Waals surface area contributed by atoms with Crippen LogP contribution in [-0.2, 0) is 6.54 Å². The fourth-order valence-corrected chi connectivity index (χ4v) is 2.80. The minimum atomic E-state index is 0. The fraction of sp³-hybridized carbons (Fsp3) is 0.571. The summed E-state index contributed by atoms with van der Waals surface area (Å²) in [7, 11) is 2.07. The van der Waals surface area contributed by atoms with Gasteiger partial charge in [0.1, 0.15) is 0 Å². The number of benzene rings is 1. The van der Waals surface area contributed by atoms with Gasteiger partial charge >= 0.3 is 0 Å². The van der Waals surface area contributed by atoms with Gasteiger partial charge in [-0.15, -0.1) is 12.4 Å². The minimum absolute atomic E-state index is 0. The molecular weight excluding hydrogens is 312 g/mol. The van der Waals surface area contributed by atoms with Crippen LogP contribution in [0.15, 0.2) is 22.7 Å². The lowest BCUT2D eigenvalue weighted by Crippen LogP contribution is -2.40. The number of hydrogen-bond acceptors (Lipinski definition) is 2. The predicted molar refractivity (Wildman–Crippen MR) is 83.5 cm³/mol. The molecule has 0 spiro atoms. The molecule has 0 bridgehead atoms. The summed E-state index contributed by atoms with van der Waals surface area (Å²) in [5.41, 5.74) is 2.72. The van der Waals surface area contributed by atoms with Crippen LogP contribution in [0.4, 0.5) is 0 Å². The Balaban J connectivity index is 0.00000162. The van der Waals surface area contributed by atoms with E-state index in [1.165, 1.54) is 41.5 Å². The number of likely N-dealkylation sites (tertiary alicyclic amines) is 1. The Labute approximate surface area is 125 Å². The lowest BCUT2D eigenvalue weighted by atomic mass is 10.0. The summed E-state index contributed by atoms with van der Waals surface area (Å²) in [4.78, 5) is 2.55. The molecule has 1 aliphatic heterocycles. The molecule has 4 heteroatoms. The monoisotopic (exact) mass is 332 g/mol. The van der Waals surface area contributed by atoms with E-state index in [4.69, 9.17) is 0 Å². The molecule has 0 saturated carbocycles. The zero-order valence-corrected chi connectivity index (χ0v) is 13.5. The van der Waals surface area contributed by atoms with E-state index < -0.39 is 0 Å². The molecule has 102 valence electrons. The number of nitrogens with zero attached hydrogens (tertiary/aromatic N) is 1. The number of halogens is 2. The molecule has 1 aromatic carbocycles. The molecule has 0 aromatic heterocycles. The van der Waals surface area contributed by atoms with Crippen LogP contribution < -0.4 is 5.32 Å². The molecule has 0 amide bonds. The topological polar surface area (TPSA) is 15.3 Å². The van der Waals surface area contributed by atoms with Gasteiger partial charge in [0.25, 0.3) is 0 Å². The van der Waals surface area contributed by atoms with Gasteiger partial charge in [-0.25, -0.2) is 0 Å². The third kappa shape index (κ3) is 4.23. The van der Waals surface area contributed by atoms with Crippen LogP contribution in [0, 0.1) is 6.92 Å². The number of nitrogens with one attached hydrogen (secondary N) is 1. The lowest BCUT2D eigenvalue weighted by Gasteiger charge is -2.31. The van der Waals surface area contributed by atoms with Crippen LogP contribution in [0.2, 0.25) is 0 Å². The maximum atomic E-state index is 3.60. The number of hydrogen-bond donors (Lipinski definition) is 1. The first-order valence-electron chi connectivity index (χ1n) is 6.33. The number of piperidine rings is 1. The smallest absolute Gasteiger partial charge is 0.0234 e. The van der Waals surface area contributed by atoms with Gasteiger partial charge in [-0.2, -0.15) is 0 Å². The van der Waals surface area contributed by atoms with E-state index in [9.17, 15) is 0 Å². The molecule has 1 saturated heterocycles. The molecule has 0 atom stereocenters. The summed E-state index contributed by atoms with van der Waals surface area (Å²) in [6.45, 7) is 5.62. The second kappa shape index (κ2) is 7.49. The molecule has 2 rings (SSSR count). The van der Waals surface area contributed by atoms with E-state index in [-0.39, 0.29) is 12.4 Å². The normalized spacial score (nSPS) is 17.5. The first-order chi connectivity index (χ1) is 8.19. The Kier molecular flexibility index (Phi) is 6.64. The predicted octanol–water partition coefficient (Wildman–Crippen LogP) is 3.36. The van der Waals surface area contributed by atoms with Crippen LogP contribution in [0.1, 0.15) is 24.0 Å². The van der Waals surface area contributed by atoms with Gasteiger partial charge in [-0.05, 0) is 57.1 Å². The molecule has 1 aliphatic rings. The highest BCUT2D eigenvalue weighted by Crippen LogP contribution is 2.20. The molecule has 1 N–H and O–H groups in total. The van der Waals surface area contributed by atoms with Gasteiger partial charge in [0.15, 0.2) is 0 Å². The van der Waals surface area contributed by atoms with E-state index in [0.29, 0.717) is 0 Å². The van der Waals surface area contributed by atoms with Crippen LogP contribution in [0.25, 0.3) is 0 Å². The van der Waals surface area contributed by atoms with Crippen molar-refractivity contribution in [3.05, 3.63) is 33.8 Å². The maximum absolute atomic E-state index is 3.60. The zero-order chi connectivity index (χ0) is 12.3. The lowest BCUT2D eigenvalue weighted by molar-refractivity contribution is 0.194. The van der Waals surface area contributed by atoms with Gasteiger partial charge in [-0.3, -0.25) is 4.90 Å². The SMILES string of the molecule is CNC1CCN(Cc2ccc(C)c(Br)c2)CC1.Cl. The Bertz CT molecular complexity index is 376. The molecule has 1 aromatic rings. The van der Waals surface area contributed by atoms with Crippen LogP contribution in [0.5, 0.6) is 0 Å². The number of rotatable bonds is 3. The van der Waals surface area contributed by atoms with Crippen molar-refractivity contribution in [2.75, 3.05) is 20.1 Å². The first kappa shape index (κ1) is 16.0. The van der Waals surface area contributed by atoms with Crippen molar-refractivity contribution in [1.82, 2.24) is 10.2 Å². The average molecular weight is 334 g/mol. The second-order valence-electron chi connectivity index (χ2n) is 4.92.